The predicted octanol–water partition coefficient (Wildman–Crippen LogP) is 1.29. The Morgan fingerprint density at radius 2 is 2.38 bits per heavy atom. The van der Waals surface area contributed by atoms with E-state index < -0.39 is 5.97 Å². The highest BCUT2D eigenvalue weighted by Gasteiger charge is 2.11. The summed E-state index contributed by atoms with van der Waals surface area (Å²) in [6, 6.07) is 1.35. The average molecular weight is 240 g/mol. The Hall–Kier alpha value is -1.80. The summed E-state index contributed by atoms with van der Waals surface area (Å²) >= 11 is 5.62. The van der Waals surface area contributed by atoms with Crippen molar-refractivity contribution in [1.29, 1.82) is 0 Å². The summed E-state index contributed by atoms with van der Waals surface area (Å²) in [5.41, 5.74) is -0.137. The van der Waals surface area contributed by atoms with Gasteiger partial charge in [0, 0.05) is 26.1 Å². The molecule has 1 aromatic heterocycles. The Morgan fingerprint density at radius 3 is 2.94 bits per heavy atom. The number of aromatic nitrogens is 2. The first-order chi connectivity index (χ1) is 7.54. The number of carboxylic acid groups (broad SMARTS) is 1. The van der Waals surface area contributed by atoms with Crippen molar-refractivity contribution in [2.24, 2.45) is 0 Å². The van der Waals surface area contributed by atoms with Crippen molar-refractivity contribution < 1.29 is 9.90 Å². The number of terminal acetylenes is 1. The molecule has 16 heavy (non-hydrogen) atoms. The van der Waals surface area contributed by atoms with Crippen LogP contribution in [0.5, 0.6) is 0 Å². The Balaban J connectivity index is 2.96. The molecule has 0 aromatic carbocycles. The number of hydrogen-bond donors (Lipinski definition) is 1. The maximum Gasteiger partial charge on any atom is 0.354 e. The minimum absolute atomic E-state index is 0.0949. The van der Waals surface area contributed by atoms with Gasteiger partial charge in [0.2, 0.25) is 5.28 Å². The zero-order valence-electron chi connectivity index (χ0n) is 8.64. The average Bonchev–Trinajstić information content (AvgIpc) is 2.24. The molecule has 1 aromatic rings. The molecule has 0 spiro atoms. The van der Waals surface area contributed by atoms with E-state index in [9.17, 15) is 4.79 Å². The van der Waals surface area contributed by atoms with Crippen LogP contribution < -0.4 is 4.90 Å². The predicted molar refractivity (Wildman–Crippen MR) is 60.7 cm³/mol. The molecule has 6 heteroatoms. The van der Waals surface area contributed by atoms with Crippen LogP contribution in [0.3, 0.4) is 0 Å². The Bertz CT molecular complexity index is 442. The van der Waals surface area contributed by atoms with Gasteiger partial charge in [0.05, 0.1) is 0 Å². The summed E-state index contributed by atoms with van der Waals surface area (Å²) in [5, 5.41) is 8.70. The third-order valence-corrected chi connectivity index (χ3v) is 2.06. The molecule has 0 aliphatic carbocycles. The van der Waals surface area contributed by atoms with Crippen LogP contribution in [-0.2, 0) is 0 Å². The van der Waals surface area contributed by atoms with Gasteiger partial charge in [0.1, 0.15) is 5.82 Å². The van der Waals surface area contributed by atoms with E-state index in [-0.39, 0.29) is 11.0 Å². The monoisotopic (exact) mass is 239 g/mol. The van der Waals surface area contributed by atoms with E-state index in [1.807, 2.05) is 0 Å². The van der Waals surface area contributed by atoms with Crippen LogP contribution in [0.2, 0.25) is 5.28 Å². The first-order valence-electron chi connectivity index (χ1n) is 4.47. The fraction of sp³-hybridized carbons (Fsp3) is 0.300. The fourth-order valence-electron chi connectivity index (χ4n) is 1.06. The topological polar surface area (TPSA) is 66.3 Å². The van der Waals surface area contributed by atoms with Crippen LogP contribution in [0.15, 0.2) is 6.07 Å². The van der Waals surface area contributed by atoms with E-state index in [0.29, 0.717) is 18.8 Å². The lowest BCUT2D eigenvalue weighted by Crippen LogP contribution is -2.20. The van der Waals surface area contributed by atoms with Crippen LogP contribution in [0.1, 0.15) is 16.9 Å². The van der Waals surface area contributed by atoms with Gasteiger partial charge >= 0.3 is 5.97 Å². The summed E-state index contributed by atoms with van der Waals surface area (Å²) < 4.78 is 0. The molecular weight excluding hydrogens is 230 g/mol. The Kier molecular flexibility index (Phi) is 4.09. The number of halogens is 1. The van der Waals surface area contributed by atoms with E-state index in [2.05, 4.69) is 15.9 Å². The molecule has 0 bridgehead atoms. The zero-order valence-corrected chi connectivity index (χ0v) is 9.40. The van der Waals surface area contributed by atoms with Gasteiger partial charge < -0.3 is 10.0 Å². The lowest BCUT2D eigenvalue weighted by molar-refractivity contribution is 0.0690. The summed E-state index contributed by atoms with van der Waals surface area (Å²) in [7, 11) is 1.75. The summed E-state index contributed by atoms with van der Waals surface area (Å²) in [6.45, 7) is 0.572. The first kappa shape index (κ1) is 12.3. The molecule has 0 saturated carbocycles. The highest BCUT2D eigenvalue weighted by atomic mass is 35.5. The smallest absolute Gasteiger partial charge is 0.354 e. The standard InChI is InChI=1S/C10H10ClN3O2/c1-3-4-5-14(2)8-6-7(9(15)16)12-10(11)13-8/h1,6H,4-5H2,2H3,(H,15,16). The van der Waals surface area contributed by atoms with Gasteiger partial charge in [-0.1, -0.05) is 0 Å². The number of aromatic carboxylic acids is 1. The normalized spacial score (nSPS) is 9.56. The molecule has 1 rings (SSSR count). The molecule has 1 N–H and O–H groups in total. The van der Waals surface area contributed by atoms with Crippen LogP contribution >= 0.6 is 11.6 Å². The Morgan fingerprint density at radius 1 is 1.69 bits per heavy atom. The minimum Gasteiger partial charge on any atom is -0.477 e. The van der Waals surface area contributed by atoms with Crippen LogP contribution in [0.4, 0.5) is 5.82 Å². The molecule has 0 fully saturated rings. The third-order valence-electron chi connectivity index (χ3n) is 1.89. The number of carboxylic acids is 1. The largest absolute Gasteiger partial charge is 0.477 e. The Labute approximate surface area is 98.1 Å². The summed E-state index contributed by atoms with van der Waals surface area (Å²) in [4.78, 5) is 20.0. The molecule has 5 nitrogen and oxygen atoms in total. The molecule has 0 radical (unpaired) electrons. The minimum atomic E-state index is -1.14. The SMILES string of the molecule is C#CCCN(C)c1cc(C(=O)O)nc(Cl)n1. The van der Waals surface area contributed by atoms with Gasteiger partial charge in [-0.2, -0.15) is 0 Å². The molecule has 84 valence electrons. The van der Waals surface area contributed by atoms with Gasteiger partial charge in [-0.05, 0) is 11.6 Å². The van der Waals surface area contributed by atoms with Gasteiger partial charge in [-0.3, -0.25) is 0 Å². The van der Waals surface area contributed by atoms with E-state index in [4.69, 9.17) is 23.1 Å². The van der Waals surface area contributed by atoms with Crippen molar-refractivity contribution in [1.82, 2.24) is 9.97 Å². The molecular formula is C10H10ClN3O2. The molecule has 0 aliphatic rings. The second-order valence-corrected chi connectivity index (χ2v) is 3.40. The van der Waals surface area contributed by atoms with Crippen molar-refractivity contribution >= 4 is 23.4 Å². The molecule has 0 unspecified atom stereocenters. The maximum atomic E-state index is 10.7. The fourth-order valence-corrected chi connectivity index (χ4v) is 1.24. The lowest BCUT2D eigenvalue weighted by Gasteiger charge is -2.16. The van der Waals surface area contributed by atoms with Gasteiger partial charge in [-0.15, -0.1) is 12.3 Å². The first-order valence-corrected chi connectivity index (χ1v) is 4.85. The quantitative estimate of drug-likeness (QED) is 0.634. The number of carbonyl (C=O) groups is 1. The highest BCUT2D eigenvalue weighted by Crippen LogP contribution is 2.14. The van der Waals surface area contributed by atoms with Crippen molar-refractivity contribution in [3.05, 3.63) is 17.0 Å². The molecule has 1 heterocycles. The summed E-state index contributed by atoms with van der Waals surface area (Å²) in [6.07, 6.45) is 5.68. The lowest BCUT2D eigenvalue weighted by atomic mass is 10.3. The molecule has 0 amide bonds. The second kappa shape index (κ2) is 5.33. The summed E-state index contributed by atoms with van der Waals surface area (Å²) in [5.74, 6) is 1.78. The number of nitrogens with zero attached hydrogens (tertiary/aromatic N) is 3. The van der Waals surface area contributed by atoms with E-state index in [1.54, 1.807) is 11.9 Å². The highest BCUT2D eigenvalue weighted by molar-refractivity contribution is 6.28. The van der Waals surface area contributed by atoms with Crippen molar-refractivity contribution in [3.8, 4) is 12.3 Å². The maximum absolute atomic E-state index is 10.7. The van der Waals surface area contributed by atoms with E-state index in [0.717, 1.165) is 0 Å². The number of hydrogen-bond acceptors (Lipinski definition) is 4. The second-order valence-electron chi connectivity index (χ2n) is 3.06. The van der Waals surface area contributed by atoms with Crippen LogP contribution in [0.25, 0.3) is 0 Å². The van der Waals surface area contributed by atoms with Gasteiger partial charge in [0.25, 0.3) is 0 Å². The zero-order chi connectivity index (χ0) is 12.1. The van der Waals surface area contributed by atoms with Crippen LogP contribution in [-0.4, -0.2) is 34.6 Å². The number of anilines is 1. The van der Waals surface area contributed by atoms with Crippen molar-refractivity contribution in [2.45, 2.75) is 6.42 Å². The van der Waals surface area contributed by atoms with Crippen molar-refractivity contribution in [2.75, 3.05) is 18.5 Å². The van der Waals surface area contributed by atoms with E-state index >= 15 is 0 Å². The molecule has 0 saturated heterocycles. The van der Waals surface area contributed by atoms with Gasteiger partial charge in [-0.25, -0.2) is 14.8 Å². The molecule has 0 atom stereocenters. The van der Waals surface area contributed by atoms with Crippen molar-refractivity contribution in [3.63, 3.8) is 0 Å². The molecule has 0 aliphatic heterocycles. The van der Waals surface area contributed by atoms with Crippen LogP contribution in [0, 0.1) is 12.3 Å². The number of rotatable bonds is 4. The third kappa shape index (κ3) is 3.11. The van der Waals surface area contributed by atoms with E-state index in [1.165, 1.54) is 6.07 Å². The van der Waals surface area contributed by atoms with Gasteiger partial charge in [0.15, 0.2) is 5.69 Å².